The molecule has 36 heavy (non-hydrogen) atoms. The third-order valence-electron chi connectivity index (χ3n) is 6.71. The molecular weight excluding hydrogens is 458 g/mol. The predicted octanol–water partition coefficient (Wildman–Crippen LogP) is 1.81. The van der Waals surface area contributed by atoms with Crippen molar-refractivity contribution in [2.75, 3.05) is 0 Å². The molecule has 1 fully saturated rings. The molecule has 0 spiro atoms. The van der Waals surface area contributed by atoms with E-state index in [-0.39, 0.29) is 11.8 Å². The summed E-state index contributed by atoms with van der Waals surface area (Å²) in [5.74, 6) is 1.42. The largest absolute Gasteiger partial charge is 0.369 e. The molecule has 2 N–H and O–H groups in total. The van der Waals surface area contributed by atoms with Gasteiger partial charge in [0.15, 0.2) is 17.0 Å². The molecule has 182 valence electrons. The first-order chi connectivity index (χ1) is 17.6. The Hall–Kier alpha value is -4.48. The van der Waals surface area contributed by atoms with Crippen molar-refractivity contribution in [1.29, 1.82) is 0 Å². The van der Waals surface area contributed by atoms with E-state index in [0.717, 1.165) is 43.5 Å². The van der Waals surface area contributed by atoms with E-state index in [9.17, 15) is 4.79 Å². The summed E-state index contributed by atoms with van der Waals surface area (Å²) < 4.78 is 5.39. The van der Waals surface area contributed by atoms with E-state index in [1.807, 2.05) is 46.2 Å². The lowest BCUT2D eigenvalue weighted by molar-refractivity contribution is -0.121. The number of rotatable bonds is 8. The summed E-state index contributed by atoms with van der Waals surface area (Å²) in [4.78, 5) is 25.3. The molecule has 6 rings (SSSR count). The standard InChI is InChI=1S/C24H25N11O/c25-23(36)17-3-2-16(10-17)11-21-26-14-20-24(30-21)35(32-31-20)22-5-4-18(12-27-22)19-13-29-34(15-19)9-8-33-7-1-6-28-33/h1,4-7,12-17H,2-3,8-11H2,(H2,25,36)/t16-,17-/m1/s1. The van der Waals surface area contributed by atoms with Gasteiger partial charge in [0.05, 0.1) is 25.5 Å². The van der Waals surface area contributed by atoms with Gasteiger partial charge in [-0.2, -0.15) is 14.9 Å². The van der Waals surface area contributed by atoms with Crippen LogP contribution < -0.4 is 5.73 Å². The van der Waals surface area contributed by atoms with Gasteiger partial charge in [-0.1, -0.05) is 5.21 Å². The summed E-state index contributed by atoms with van der Waals surface area (Å²) in [6.07, 6.45) is 14.3. The summed E-state index contributed by atoms with van der Waals surface area (Å²) in [7, 11) is 0. The molecule has 0 saturated heterocycles. The van der Waals surface area contributed by atoms with Crippen molar-refractivity contribution in [2.45, 2.75) is 38.8 Å². The first-order valence-corrected chi connectivity index (χ1v) is 12.0. The van der Waals surface area contributed by atoms with Gasteiger partial charge in [0.2, 0.25) is 5.91 Å². The molecule has 5 aromatic heterocycles. The number of carbonyl (C=O) groups excluding carboxylic acids is 1. The van der Waals surface area contributed by atoms with Crippen LogP contribution >= 0.6 is 0 Å². The highest BCUT2D eigenvalue weighted by atomic mass is 16.1. The van der Waals surface area contributed by atoms with Gasteiger partial charge in [-0.15, -0.1) is 5.10 Å². The Bertz CT molecular complexity index is 1490. The van der Waals surface area contributed by atoms with Crippen molar-refractivity contribution in [1.82, 2.24) is 49.5 Å². The molecule has 12 heteroatoms. The summed E-state index contributed by atoms with van der Waals surface area (Å²) in [6.45, 7) is 1.48. The SMILES string of the molecule is NC(=O)[C@@H]1CC[C@@H](Cc2ncc3nnn(-c4ccc(-c5cnn(CCn6cccn6)c5)cn4)c3n2)C1. The Labute approximate surface area is 206 Å². The number of nitrogens with zero attached hydrogens (tertiary/aromatic N) is 10. The summed E-state index contributed by atoms with van der Waals surface area (Å²) in [5.41, 5.74) is 8.62. The van der Waals surface area contributed by atoms with E-state index in [2.05, 4.69) is 30.5 Å². The maximum atomic E-state index is 11.5. The first kappa shape index (κ1) is 22.0. The fourth-order valence-electron chi connectivity index (χ4n) is 4.75. The lowest BCUT2D eigenvalue weighted by Gasteiger charge is -2.08. The summed E-state index contributed by atoms with van der Waals surface area (Å²) in [5, 5.41) is 17.1. The van der Waals surface area contributed by atoms with Gasteiger partial charge in [-0.3, -0.25) is 14.2 Å². The first-order valence-electron chi connectivity index (χ1n) is 12.0. The number of nitrogens with two attached hydrogens (primary N) is 1. The Morgan fingerprint density at radius 2 is 1.94 bits per heavy atom. The monoisotopic (exact) mass is 483 g/mol. The number of pyridine rings is 1. The minimum atomic E-state index is -0.216. The van der Waals surface area contributed by atoms with Crippen molar-refractivity contribution >= 4 is 17.1 Å². The van der Waals surface area contributed by atoms with Gasteiger partial charge in [-0.25, -0.2) is 15.0 Å². The van der Waals surface area contributed by atoms with Crippen molar-refractivity contribution in [3.63, 3.8) is 0 Å². The third kappa shape index (κ3) is 4.44. The van der Waals surface area contributed by atoms with Crippen LogP contribution in [0, 0.1) is 11.8 Å². The van der Waals surface area contributed by atoms with Crippen LogP contribution in [-0.4, -0.2) is 55.4 Å². The summed E-state index contributed by atoms with van der Waals surface area (Å²) >= 11 is 0. The van der Waals surface area contributed by atoms with Gasteiger partial charge >= 0.3 is 0 Å². The lowest BCUT2D eigenvalue weighted by atomic mass is 10.0. The highest BCUT2D eigenvalue weighted by molar-refractivity contribution is 5.77. The lowest BCUT2D eigenvalue weighted by Crippen LogP contribution is -2.21. The van der Waals surface area contributed by atoms with Gasteiger partial charge in [0, 0.05) is 48.3 Å². The second-order valence-corrected chi connectivity index (χ2v) is 9.15. The zero-order valence-electron chi connectivity index (χ0n) is 19.6. The van der Waals surface area contributed by atoms with Gasteiger partial charge in [0.1, 0.15) is 5.82 Å². The Morgan fingerprint density at radius 1 is 1.03 bits per heavy atom. The molecule has 5 aromatic rings. The molecule has 1 aliphatic rings. The number of hydrogen-bond donors (Lipinski definition) is 1. The van der Waals surface area contributed by atoms with Crippen LogP contribution in [0.2, 0.25) is 0 Å². The Kier molecular flexibility index (Phi) is 5.68. The number of hydrogen-bond acceptors (Lipinski definition) is 8. The van der Waals surface area contributed by atoms with E-state index in [1.165, 1.54) is 0 Å². The number of amides is 1. The molecule has 0 unspecified atom stereocenters. The molecule has 1 amide bonds. The van der Waals surface area contributed by atoms with E-state index >= 15 is 0 Å². The van der Waals surface area contributed by atoms with E-state index in [0.29, 0.717) is 35.1 Å². The highest BCUT2D eigenvalue weighted by Gasteiger charge is 2.29. The molecule has 0 aliphatic heterocycles. The number of carbonyl (C=O) groups is 1. The molecule has 5 heterocycles. The topological polar surface area (TPSA) is 148 Å². The third-order valence-corrected chi connectivity index (χ3v) is 6.71. The van der Waals surface area contributed by atoms with Crippen molar-refractivity contribution in [2.24, 2.45) is 17.6 Å². The molecule has 12 nitrogen and oxygen atoms in total. The molecule has 1 aliphatic carbocycles. The van der Waals surface area contributed by atoms with Crippen LogP contribution in [0.1, 0.15) is 25.1 Å². The number of fused-ring (bicyclic) bond motifs is 1. The van der Waals surface area contributed by atoms with E-state index in [1.54, 1.807) is 23.3 Å². The number of primary amides is 1. The average molecular weight is 484 g/mol. The number of aromatic nitrogens is 10. The minimum Gasteiger partial charge on any atom is -0.369 e. The summed E-state index contributed by atoms with van der Waals surface area (Å²) in [6, 6.07) is 5.78. The van der Waals surface area contributed by atoms with Gasteiger partial charge in [0.25, 0.3) is 0 Å². The number of aryl methyl sites for hydroxylation is 2. The smallest absolute Gasteiger partial charge is 0.220 e. The quantitative estimate of drug-likeness (QED) is 0.351. The highest BCUT2D eigenvalue weighted by Crippen LogP contribution is 2.32. The molecule has 0 aromatic carbocycles. The van der Waals surface area contributed by atoms with Crippen LogP contribution in [0.25, 0.3) is 28.1 Å². The van der Waals surface area contributed by atoms with Crippen LogP contribution in [0.15, 0.2) is 55.4 Å². The van der Waals surface area contributed by atoms with Crippen LogP contribution in [0.4, 0.5) is 0 Å². The van der Waals surface area contributed by atoms with Crippen LogP contribution in [0.3, 0.4) is 0 Å². The van der Waals surface area contributed by atoms with Crippen LogP contribution in [0.5, 0.6) is 0 Å². The molecule has 1 saturated carbocycles. The van der Waals surface area contributed by atoms with Crippen molar-refractivity contribution in [3.05, 3.63) is 61.2 Å². The van der Waals surface area contributed by atoms with Crippen molar-refractivity contribution in [3.8, 4) is 16.9 Å². The predicted molar refractivity (Wildman–Crippen MR) is 129 cm³/mol. The molecule has 0 radical (unpaired) electrons. The Balaban J connectivity index is 1.17. The zero-order valence-corrected chi connectivity index (χ0v) is 19.6. The van der Waals surface area contributed by atoms with E-state index in [4.69, 9.17) is 10.7 Å². The maximum absolute atomic E-state index is 11.5. The van der Waals surface area contributed by atoms with Crippen LogP contribution in [-0.2, 0) is 24.3 Å². The van der Waals surface area contributed by atoms with Crippen molar-refractivity contribution < 1.29 is 4.79 Å². The fraction of sp³-hybridized carbons (Fsp3) is 0.333. The molecule has 2 atom stereocenters. The second kappa shape index (κ2) is 9.29. The molecular formula is C24H25N11O. The minimum absolute atomic E-state index is 0.0443. The fourth-order valence-corrected chi connectivity index (χ4v) is 4.75. The Morgan fingerprint density at radius 3 is 2.72 bits per heavy atom. The zero-order chi connectivity index (χ0) is 24.5. The van der Waals surface area contributed by atoms with Gasteiger partial charge in [-0.05, 0) is 43.4 Å². The van der Waals surface area contributed by atoms with Gasteiger partial charge < -0.3 is 5.73 Å². The average Bonchev–Trinajstić information content (AvgIpc) is 3.70. The normalized spacial score (nSPS) is 17.7. The second-order valence-electron chi connectivity index (χ2n) is 9.15. The van der Waals surface area contributed by atoms with E-state index < -0.39 is 0 Å². The maximum Gasteiger partial charge on any atom is 0.220 e. The molecule has 0 bridgehead atoms.